The van der Waals surface area contributed by atoms with Crippen molar-refractivity contribution in [3.8, 4) is 11.5 Å². The van der Waals surface area contributed by atoms with Crippen LogP contribution in [0.4, 0.5) is 5.13 Å². The number of amides is 1. The minimum Gasteiger partial charge on any atom is -0.497 e. The van der Waals surface area contributed by atoms with Crippen LogP contribution < -0.4 is 14.4 Å². The minimum absolute atomic E-state index is 0.0386. The van der Waals surface area contributed by atoms with Crippen molar-refractivity contribution in [2.24, 2.45) is 0 Å². The zero-order valence-electron chi connectivity index (χ0n) is 19.5. The van der Waals surface area contributed by atoms with E-state index in [9.17, 15) is 4.79 Å². The average Bonchev–Trinajstić information content (AvgIpc) is 3.32. The standard InChI is InChI=1S/C26H27N3O3S2/c1-18-9-14-22(32-3)24-25(18)34-26(28-24)29(17-19-7-4-5-15-27-19)23(30)8-6-16-33-21-12-10-20(31-2)11-13-21/h4-5,7,9-15H,6,8,16-17H2,1-3H3. The molecule has 8 heteroatoms. The SMILES string of the molecule is COc1ccc(SCCCC(=O)N(Cc2ccccn2)c2nc3c(OC)ccc(C)c3s2)cc1. The maximum absolute atomic E-state index is 13.4. The molecule has 0 bridgehead atoms. The number of hydrogen-bond donors (Lipinski definition) is 0. The number of benzene rings is 2. The molecule has 0 atom stereocenters. The molecule has 4 rings (SSSR count). The van der Waals surface area contributed by atoms with Crippen LogP contribution in [0.5, 0.6) is 11.5 Å². The van der Waals surface area contributed by atoms with E-state index < -0.39 is 0 Å². The van der Waals surface area contributed by atoms with E-state index in [1.807, 2.05) is 61.5 Å². The summed E-state index contributed by atoms with van der Waals surface area (Å²) in [5.41, 5.74) is 2.73. The number of aryl methyl sites for hydroxylation is 1. The summed E-state index contributed by atoms with van der Waals surface area (Å²) in [7, 11) is 3.30. The summed E-state index contributed by atoms with van der Waals surface area (Å²) in [6.45, 7) is 2.43. The molecular formula is C26H27N3O3S2. The molecule has 0 aliphatic heterocycles. The number of anilines is 1. The van der Waals surface area contributed by atoms with Crippen LogP contribution in [0.25, 0.3) is 10.2 Å². The number of thiazole rings is 1. The monoisotopic (exact) mass is 493 g/mol. The summed E-state index contributed by atoms with van der Waals surface area (Å²) in [5, 5.41) is 0.668. The van der Waals surface area contributed by atoms with Gasteiger partial charge in [-0.05, 0) is 67.1 Å². The molecule has 2 aromatic heterocycles. The molecule has 1 amide bonds. The smallest absolute Gasteiger partial charge is 0.229 e. The Morgan fingerprint density at radius 1 is 1.06 bits per heavy atom. The van der Waals surface area contributed by atoms with Gasteiger partial charge in [0, 0.05) is 17.5 Å². The summed E-state index contributed by atoms with van der Waals surface area (Å²) in [6, 6.07) is 17.6. The van der Waals surface area contributed by atoms with Gasteiger partial charge in [-0.2, -0.15) is 0 Å². The second-order valence-electron chi connectivity index (χ2n) is 7.69. The first-order valence-electron chi connectivity index (χ1n) is 11.0. The molecular weight excluding hydrogens is 466 g/mol. The fraction of sp³-hybridized carbons (Fsp3) is 0.269. The highest BCUT2D eigenvalue weighted by Gasteiger charge is 2.22. The van der Waals surface area contributed by atoms with Crippen molar-refractivity contribution in [3.05, 3.63) is 72.1 Å². The maximum Gasteiger partial charge on any atom is 0.229 e. The number of nitrogens with zero attached hydrogens (tertiary/aromatic N) is 3. The Morgan fingerprint density at radius 2 is 1.88 bits per heavy atom. The van der Waals surface area contributed by atoms with Gasteiger partial charge in [-0.1, -0.05) is 23.5 Å². The van der Waals surface area contributed by atoms with Gasteiger partial charge >= 0.3 is 0 Å². The Kier molecular flexibility index (Phi) is 8.03. The summed E-state index contributed by atoms with van der Waals surface area (Å²) in [5.74, 6) is 2.44. The normalized spacial score (nSPS) is 10.9. The Morgan fingerprint density at radius 3 is 2.59 bits per heavy atom. The van der Waals surface area contributed by atoms with E-state index in [0.29, 0.717) is 23.8 Å². The predicted octanol–water partition coefficient (Wildman–Crippen LogP) is 6.12. The Bertz CT molecular complexity index is 1240. The van der Waals surface area contributed by atoms with Crippen molar-refractivity contribution in [1.82, 2.24) is 9.97 Å². The van der Waals surface area contributed by atoms with Crippen molar-refractivity contribution in [2.75, 3.05) is 24.9 Å². The van der Waals surface area contributed by atoms with Crippen LogP contribution in [0.2, 0.25) is 0 Å². The Labute approximate surface area is 207 Å². The summed E-state index contributed by atoms with van der Waals surface area (Å²) in [6.07, 6.45) is 2.94. The molecule has 176 valence electrons. The van der Waals surface area contributed by atoms with Gasteiger partial charge < -0.3 is 9.47 Å². The Balaban J connectivity index is 1.49. The lowest BCUT2D eigenvalue weighted by Gasteiger charge is -2.19. The van der Waals surface area contributed by atoms with Gasteiger partial charge in [0.2, 0.25) is 5.91 Å². The molecule has 0 spiro atoms. The molecule has 0 aliphatic rings. The van der Waals surface area contributed by atoms with Crippen LogP contribution in [-0.2, 0) is 11.3 Å². The van der Waals surface area contributed by atoms with Crippen molar-refractivity contribution in [1.29, 1.82) is 0 Å². The van der Waals surface area contributed by atoms with Gasteiger partial charge in [-0.15, -0.1) is 11.8 Å². The van der Waals surface area contributed by atoms with Gasteiger partial charge in [0.05, 0.1) is 31.2 Å². The Hall–Kier alpha value is -3.10. The fourth-order valence-electron chi connectivity index (χ4n) is 3.52. The molecule has 0 aliphatic carbocycles. The second kappa shape index (κ2) is 11.4. The van der Waals surface area contributed by atoms with Crippen LogP contribution in [0.3, 0.4) is 0 Å². The average molecular weight is 494 g/mol. The van der Waals surface area contributed by atoms with E-state index in [2.05, 4.69) is 4.98 Å². The zero-order chi connectivity index (χ0) is 23.9. The molecule has 6 nitrogen and oxygen atoms in total. The fourth-order valence-corrected chi connectivity index (χ4v) is 5.44. The zero-order valence-corrected chi connectivity index (χ0v) is 21.1. The van der Waals surface area contributed by atoms with Gasteiger partial charge in [0.15, 0.2) is 5.13 Å². The molecule has 0 N–H and O–H groups in total. The first-order chi connectivity index (χ1) is 16.6. The van der Waals surface area contributed by atoms with E-state index in [-0.39, 0.29) is 5.91 Å². The van der Waals surface area contributed by atoms with Crippen molar-refractivity contribution in [3.63, 3.8) is 0 Å². The molecule has 0 radical (unpaired) electrons. The largest absolute Gasteiger partial charge is 0.497 e. The number of carbonyl (C=O) groups excluding carboxylic acids is 1. The van der Waals surface area contributed by atoms with Gasteiger partial charge in [-0.25, -0.2) is 4.98 Å². The van der Waals surface area contributed by atoms with E-state index in [0.717, 1.165) is 44.3 Å². The lowest BCUT2D eigenvalue weighted by atomic mass is 10.2. The van der Waals surface area contributed by atoms with Crippen molar-refractivity contribution >= 4 is 44.4 Å². The number of hydrogen-bond acceptors (Lipinski definition) is 7. The van der Waals surface area contributed by atoms with E-state index in [4.69, 9.17) is 14.5 Å². The van der Waals surface area contributed by atoms with Crippen LogP contribution >= 0.6 is 23.1 Å². The molecule has 4 aromatic rings. The van der Waals surface area contributed by atoms with E-state index >= 15 is 0 Å². The number of thioether (sulfide) groups is 1. The predicted molar refractivity (Wildman–Crippen MR) is 139 cm³/mol. The number of ether oxygens (including phenoxy) is 2. The molecule has 2 aromatic carbocycles. The molecule has 34 heavy (non-hydrogen) atoms. The summed E-state index contributed by atoms with van der Waals surface area (Å²) >= 11 is 3.25. The van der Waals surface area contributed by atoms with E-state index in [1.54, 1.807) is 37.1 Å². The third kappa shape index (κ3) is 5.69. The first-order valence-corrected chi connectivity index (χ1v) is 12.8. The van der Waals surface area contributed by atoms with Crippen molar-refractivity contribution < 1.29 is 14.3 Å². The van der Waals surface area contributed by atoms with Gasteiger partial charge in [0.1, 0.15) is 17.0 Å². The first kappa shape index (κ1) is 24.0. The van der Waals surface area contributed by atoms with Crippen LogP contribution in [0.1, 0.15) is 24.1 Å². The molecule has 0 saturated carbocycles. The highest BCUT2D eigenvalue weighted by atomic mass is 32.2. The third-order valence-electron chi connectivity index (χ3n) is 5.35. The number of fused-ring (bicyclic) bond motifs is 1. The minimum atomic E-state index is 0.0386. The lowest BCUT2D eigenvalue weighted by molar-refractivity contribution is -0.118. The number of carbonyl (C=O) groups is 1. The lowest BCUT2D eigenvalue weighted by Crippen LogP contribution is -2.30. The molecule has 0 fully saturated rings. The highest BCUT2D eigenvalue weighted by molar-refractivity contribution is 7.99. The molecule has 2 heterocycles. The molecule has 0 saturated heterocycles. The molecule has 0 unspecified atom stereocenters. The van der Waals surface area contributed by atoms with Gasteiger partial charge in [-0.3, -0.25) is 14.7 Å². The third-order valence-corrected chi connectivity index (χ3v) is 7.67. The number of methoxy groups -OCH3 is 2. The quantitative estimate of drug-likeness (QED) is 0.196. The number of rotatable bonds is 10. The van der Waals surface area contributed by atoms with Gasteiger partial charge in [0.25, 0.3) is 0 Å². The van der Waals surface area contributed by atoms with E-state index in [1.165, 1.54) is 11.3 Å². The highest BCUT2D eigenvalue weighted by Crippen LogP contribution is 2.37. The maximum atomic E-state index is 13.4. The summed E-state index contributed by atoms with van der Waals surface area (Å²) in [4.78, 5) is 25.5. The van der Waals surface area contributed by atoms with Crippen molar-refractivity contribution in [2.45, 2.75) is 31.2 Å². The van der Waals surface area contributed by atoms with Crippen LogP contribution in [0.15, 0.2) is 65.7 Å². The number of pyridine rings is 1. The second-order valence-corrected chi connectivity index (χ2v) is 9.83. The summed E-state index contributed by atoms with van der Waals surface area (Å²) < 4.78 is 11.7. The van der Waals surface area contributed by atoms with Crippen LogP contribution in [-0.4, -0.2) is 35.8 Å². The topological polar surface area (TPSA) is 64.5 Å². The number of aromatic nitrogens is 2. The van der Waals surface area contributed by atoms with Crippen LogP contribution in [0, 0.1) is 6.92 Å².